The van der Waals surface area contributed by atoms with Crippen LogP contribution < -0.4 is 0 Å². The summed E-state index contributed by atoms with van der Waals surface area (Å²) in [6.07, 6.45) is 8.74. The SMILES string of the molecule is CCC1CCC2CC(c3cc(F)c4cc(C#N)c(F)cc4c3)CCC2C1. The van der Waals surface area contributed by atoms with Crippen molar-refractivity contribution in [2.24, 2.45) is 17.8 Å². The zero-order valence-electron chi connectivity index (χ0n) is 15.3. The van der Waals surface area contributed by atoms with E-state index < -0.39 is 5.82 Å². The van der Waals surface area contributed by atoms with Crippen molar-refractivity contribution in [2.45, 2.75) is 57.8 Å². The summed E-state index contributed by atoms with van der Waals surface area (Å²) in [6.45, 7) is 2.30. The van der Waals surface area contributed by atoms with Crippen molar-refractivity contribution in [1.82, 2.24) is 0 Å². The van der Waals surface area contributed by atoms with Gasteiger partial charge in [0.2, 0.25) is 0 Å². The number of rotatable bonds is 2. The van der Waals surface area contributed by atoms with Gasteiger partial charge in [-0.15, -0.1) is 0 Å². The predicted molar refractivity (Wildman–Crippen MR) is 99.8 cm³/mol. The smallest absolute Gasteiger partial charge is 0.141 e. The van der Waals surface area contributed by atoms with Crippen molar-refractivity contribution < 1.29 is 8.78 Å². The molecule has 136 valence electrons. The zero-order chi connectivity index (χ0) is 18.3. The molecule has 0 aliphatic heterocycles. The van der Waals surface area contributed by atoms with Crippen LogP contribution in [0.5, 0.6) is 0 Å². The van der Waals surface area contributed by atoms with Crippen LogP contribution in [0, 0.1) is 40.7 Å². The molecule has 2 aromatic carbocycles. The third-order valence-corrected chi connectivity index (χ3v) is 6.90. The van der Waals surface area contributed by atoms with E-state index in [0.29, 0.717) is 16.7 Å². The summed E-state index contributed by atoms with van der Waals surface area (Å²) >= 11 is 0. The Morgan fingerprint density at radius 2 is 1.73 bits per heavy atom. The largest absolute Gasteiger partial charge is 0.206 e. The molecule has 0 N–H and O–H groups in total. The maximum atomic E-state index is 14.6. The maximum Gasteiger partial charge on any atom is 0.141 e. The van der Waals surface area contributed by atoms with Crippen molar-refractivity contribution in [3.8, 4) is 6.07 Å². The maximum absolute atomic E-state index is 14.6. The molecule has 0 saturated heterocycles. The minimum absolute atomic E-state index is 0.0997. The summed E-state index contributed by atoms with van der Waals surface area (Å²) in [5.74, 6) is 1.94. The van der Waals surface area contributed by atoms with E-state index in [-0.39, 0.29) is 11.4 Å². The molecule has 0 amide bonds. The fourth-order valence-electron chi connectivity index (χ4n) is 5.34. The number of fused-ring (bicyclic) bond motifs is 2. The monoisotopic (exact) mass is 353 g/mol. The van der Waals surface area contributed by atoms with Crippen molar-refractivity contribution in [3.63, 3.8) is 0 Å². The van der Waals surface area contributed by atoms with Gasteiger partial charge in [0.1, 0.15) is 17.7 Å². The van der Waals surface area contributed by atoms with Gasteiger partial charge >= 0.3 is 0 Å². The molecule has 1 nitrogen and oxygen atoms in total. The van der Waals surface area contributed by atoms with Crippen molar-refractivity contribution in [2.75, 3.05) is 0 Å². The molecule has 2 aliphatic rings. The van der Waals surface area contributed by atoms with Gasteiger partial charge in [0.05, 0.1) is 5.56 Å². The van der Waals surface area contributed by atoms with E-state index in [9.17, 15) is 8.78 Å². The van der Waals surface area contributed by atoms with E-state index in [0.717, 1.165) is 36.2 Å². The Balaban J connectivity index is 1.61. The van der Waals surface area contributed by atoms with E-state index in [2.05, 4.69) is 6.92 Å². The molecule has 2 aromatic rings. The normalized spacial score (nSPS) is 28.5. The number of hydrogen-bond donors (Lipinski definition) is 0. The van der Waals surface area contributed by atoms with Crippen LogP contribution in [0.15, 0.2) is 24.3 Å². The lowest BCUT2D eigenvalue weighted by molar-refractivity contribution is 0.116. The lowest BCUT2D eigenvalue weighted by atomic mass is 9.63. The van der Waals surface area contributed by atoms with Crippen LogP contribution in [0.3, 0.4) is 0 Å². The topological polar surface area (TPSA) is 23.8 Å². The summed E-state index contributed by atoms with van der Waals surface area (Å²) in [4.78, 5) is 0. The molecule has 0 aromatic heterocycles. The second kappa shape index (κ2) is 6.99. The molecule has 0 spiro atoms. The molecule has 4 unspecified atom stereocenters. The quantitative estimate of drug-likeness (QED) is 0.589. The highest BCUT2D eigenvalue weighted by Crippen LogP contribution is 2.48. The van der Waals surface area contributed by atoms with E-state index in [1.807, 2.05) is 6.07 Å². The molecule has 0 bridgehead atoms. The Morgan fingerprint density at radius 3 is 2.50 bits per heavy atom. The Kier molecular flexibility index (Phi) is 4.69. The molecule has 4 atom stereocenters. The Bertz CT molecular complexity index is 867. The third kappa shape index (κ3) is 3.11. The molecule has 2 aliphatic carbocycles. The van der Waals surface area contributed by atoms with Crippen LogP contribution in [-0.2, 0) is 0 Å². The molecule has 2 fully saturated rings. The van der Waals surface area contributed by atoms with Gasteiger partial charge in [0, 0.05) is 5.39 Å². The van der Waals surface area contributed by atoms with E-state index in [1.54, 1.807) is 12.1 Å². The van der Waals surface area contributed by atoms with Crippen LogP contribution in [0.25, 0.3) is 10.8 Å². The summed E-state index contributed by atoms with van der Waals surface area (Å²) in [6, 6.07) is 7.97. The Labute approximate surface area is 154 Å². The Morgan fingerprint density at radius 1 is 0.962 bits per heavy atom. The van der Waals surface area contributed by atoms with E-state index >= 15 is 0 Å². The van der Waals surface area contributed by atoms with Crippen LogP contribution in [0.2, 0.25) is 0 Å². The molecular weight excluding hydrogens is 328 g/mol. The lowest BCUT2D eigenvalue weighted by Gasteiger charge is -2.42. The van der Waals surface area contributed by atoms with Crippen molar-refractivity contribution in [1.29, 1.82) is 5.26 Å². The average molecular weight is 353 g/mol. The lowest BCUT2D eigenvalue weighted by Crippen LogP contribution is -2.30. The first-order valence-electron chi connectivity index (χ1n) is 9.91. The van der Waals surface area contributed by atoms with Crippen molar-refractivity contribution >= 4 is 10.8 Å². The van der Waals surface area contributed by atoms with Gasteiger partial charge in [-0.2, -0.15) is 5.26 Å². The minimum Gasteiger partial charge on any atom is -0.206 e. The first kappa shape index (κ1) is 17.5. The summed E-state index contributed by atoms with van der Waals surface area (Å²) in [7, 11) is 0. The molecular formula is C23H25F2N. The van der Waals surface area contributed by atoms with Crippen LogP contribution >= 0.6 is 0 Å². The first-order valence-corrected chi connectivity index (χ1v) is 9.91. The summed E-state index contributed by atoms with van der Waals surface area (Å²) < 4.78 is 28.6. The highest BCUT2D eigenvalue weighted by atomic mass is 19.1. The number of halogens is 2. The first-order chi connectivity index (χ1) is 12.6. The number of nitrogens with zero attached hydrogens (tertiary/aromatic N) is 1. The van der Waals surface area contributed by atoms with Gasteiger partial charge in [-0.3, -0.25) is 0 Å². The Hall–Kier alpha value is -1.95. The zero-order valence-corrected chi connectivity index (χ0v) is 15.3. The molecule has 0 radical (unpaired) electrons. The number of hydrogen-bond acceptors (Lipinski definition) is 1. The van der Waals surface area contributed by atoms with E-state index in [4.69, 9.17) is 5.26 Å². The number of benzene rings is 2. The molecule has 2 saturated carbocycles. The van der Waals surface area contributed by atoms with Gasteiger partial charge in [-0.1, -0.05) is 25.8 Å². The minimum atomic E-state index is -0.571. The standard InChI is InChI=1S/C23H25F2N/c1-2-14-3-4-16-8-17(6-5-15(16)7-14)18-9-19-12-22(24)20(13-26)10-21(19)23(25)11-18/h9-12,14-17H,2-8H2,1H3. The predicted octanol–water partition coefficient (Wildman–Crippen LogP) is 6.70. The van der Waals surface area contributed by atoms with Crippen LogP contribution in [0.4, 0.5) is 8.78 Å². The fraction of sp³-hybridized carbons (Fsp3) is 0.522. The molecule has 4 rings (SSSR count). The second-order valence-corrected chi connectivity index (χ2v) is 8.29. The fourth-order valence-corrected chi connectivity index (χ4v) is 5.34. The molecule has 3 heteroatoms. The molecule has 26 heavy (non-hydrogen) atoms. The van der Waals surface area contributed by atoms with Crippen LogP contribution in [-0.4, -0.2) is 0 Å². The van der Waals surface area contributed by atoms with Gasteiger partial charge < -0.3 is 0 Å². The van der Waals surface area contributed by atoms with Gasteiger partial charge in [-0.25, -0.2) is 8.78 Å². The van der Waals surface area contributed by atoms with Gasteiger partial charge in [0.15, 0.2) is 0 Å². The highest BCUT2D eigenvalue weighted by molar-refractivity contribution is 5.85. The summed E-state index contributed by atoms with van der Waals surface area (Å²) in [5, 5.41) is 9.86. The van der Waals surface area contributed by atoms with Crippen LogP contribution in [0.1, 0.15) is 68.9 Å². The molecule has 0 heterocycles. The van der Waals surface area contributed by atoms with Gasteiger partial charge in [-0.05, 0) is 84.9 Å². The van der Waals surface area contributed by atoms with E-state index in [1.165, 1.54) is 44.2 Å². The third-order valence-electron chi connectivity index (χ3n) is 6.90. The highest BCUT2D eigenvalue weighted by Gasteiger charge is 2.35. The average Bonchev–Trinajstić information content (AvgIpc) is 2.66. The second-order valence-electron chi connectivity index (χ2n) is 8.29. The van der Waals surface area contributed by atoms with Crippen molar-refractivity contribution in [3.05, 3.63) is 47.0 Å². The number of nitriles is 1. The summed E-state index contributed by atoms with van der Waals surface area (Å²) in [5.41, 5.74) is 0.896. The van der Waals surface area contributed by atoms with Gasteiger partial charge in [0.25, 0.3) is 0 Å².